The van der Waals surface area contributed by atoms with Crippen molar-refractivity contribution < 1.29 is 18.0 Å². The van der Waals surface area contributed by atoms with Crippen LogP contribution in [-0.4, -0.2) is 44.6 Å². The molecule has 5 aromatic rings. The standard InChI is InChI=1S/C28H25F3N4O/c1-2-35-24-6-4-3-5-20(24)21-13-18(10-12-25(21)35)26-32-22-11-9-19(14-23(22)33-26)27(36)34(15-17-7-8-17)16-28(29,30)31/h3-6,9-14,17H,2,7-8,15-16H2,1H3,(H,32,33). The smallest absolute Gasteiger partial charge is 0.341 e. The number of carbonyl (C=O) groups is 1. The lowest BCUT2D eigenvalue weighted by Gasteiger charge is -2.24. The lowest BCUT2D eigenvalue weighted by molar-refractivity contribution is -0.141. The summed E-state index contributed by atoms with van der Waals surface area (Å²) in [5.74, 6) is 0.202. The third-order valence-corrected chi connectivity index (χ3v) is 6.92. The van der Waals surface area contributed by atoms with Crippen LogP contribution in [0.15, 0.2) is 60.7 Å². The summed E-state index contributed by atoms with van der Waals surface area (Å²) in [5, 5.41) is 2.30. The number of benzene rings is 3. The minimum atomic E-state index is -4.44. The topological polar surface area (TPSA) is 53.9 Å². The van der Waals surface area contributed by atoms with Gasteiger partial charge in [0, 0.05) is 46.0 Å². The van der Waals surface area contributed by atoms with Crippen LogP contribution in [0.1, 0.15) is 30.1 Å². The zero-order valence-electron chi connectivity index (χ0n) is 19.8. The normalized spacial score (nSPS) is 14.2. The quantitative estimate of drug-likeness (QED) is 0.286. The van der Waals surface area contributed by atoms with E-state index in [1.54, 1.807) is 18.2 Å². The first-order valence-electron chi connectivity index (χ1n) is 12.2. The molecule has 3 aromatic carbocycles. The number of alkyl halides is 3. The number of fused-ring (bicyclic) bond motifs is 4. The minimum absolute atomic E-state index is 0.135. The largest absolute Gasteiger partial charge is 0.406 e. The van der Waals surface area contributed by atoms with Crippen molar-refractivity contribution in [1.82, 2.24) is 19.4 Å². The Morgan fingerprint density at radius 1 is 1.06 bits per heavy atom. The maximum absolute atomic E-state index is 13.1. The zero-order chi connectivity index (χ0) is 25.0. The molecule has 5 nitrogen and oxygen atoms in total. The van der Waals surface area contributed by atoms with Gasteiger partial charge in [0.15, 0.2) is 0 Å². The molecule has 184 valence electrons. The summed E-state index contributed by atoms with van der Waals surface area (Å²) in [7, 11) is 0. The van der Waals surface area contributed by atoms with Crippen molar-refractivity contribution in [3.05, 3.63) is 66.2 Å². The van der Waals surface area contributed by atoms with Crippen LogP contribution in [0.3, 0.4) is 0 Å². The van der Waals surface area contributed by atoms with Gasteiger partial charge in [-0.25, -0.2) is 4.98 Å². The van der Waals surface area contributed by atoms with Crippen LogP contribution in [0.5, 0.6) is 0 Å². The van der Waals surface area contributed by atoms with Crippen LogP contribution in [-0.2, 0) is 6.54 Å². The number of nitrogens with one attached hydrogen (secondary N) is 1. The van der Waals surface area contributed by atoms with Gasteiger partial charge in [-0.3, -0.25) is 4.79 Å². The predicted octanol–water partition coefficient (Wildman–Crippen LogP) is 6.77. The number of hydrogen-bond acceptors (Lipinski definition) is 2. The van der Waals surface area contributed by atoms with Crippen LogP contribution in [0.2, 0.25) is 0 Å². The zero-order valence-corrected chi connectivity index (χ0v) is 19.8. The van der Waals surface area contributed by atoms with Gasteiger partial charge in [0.05, 0.1) is 11.0 Å². The highest BCUT2D eigenvalue weighted by Gasteiger charge is 2.36. The average molecular weight is 491 g/mol. The van der Waals surface area contributed by atoms with E-state index in [0.29, 0.717) is 16.9 Å². The van der Waals surface area contributed by atoms with Gasteiger partial charge in [0.25, 0.3) is 5.91 Å². The van der Waals surface area contributed by atoms with Crippen molar-refractivity contribution in [1.29, 1.82) is 0 Å². The first kappa shape index (κ1) is 22.6. The molecular weight excluding hydrogens is 465 g/mol. The molecule has 0 radical (unpaired) electrons. The number of para-hydroxylation sites is 1. The Kier molecular flexibility index (Phi) is 5.28. The molecule has 2 aromatic heterocycles. The van der Waals surface area contributed by atoms with E-state index in [4.69, 9.17) is 4.98 Å². The Morgan fingerprint density at radius 3 is 2.58 bits per heavy atom. The van der Waals surface area contributed by atoms with Crippen LogP contribution < -0.4 is 0 Å². The second-order valence-corrected chi connectivity index (χ2v) is 9.55. The van der Waals surface area contributed by atoms with Gasteiger partial charge in [-0.2, -0.15) is 13.2 Å². The maximum Gasteiger partial charge on any atom is 0.406 e. The molecule has 0 aliphatic heterocycles. The Labute approximate surface area is 205 Å². The van der Waals surface area contributed by atoms with E-state index < -0.39 is 18.6 Å². The summed E-state index contributed by atoms with van der Waals surface area (Å²) in [6.07, 6.45) is -2.70. The van der Waals surface area contributed by atoms with E-state index >= 15 is 0 Å². The van der Waals surface area contributed by atoms with Crippen LogP contribution in [0, 0.1) is 5.92 Å². The fourth-order valence-corrected chi connectivity index (χ4v) is 5.05. The van der Waals surface area contributed by atoms with Gasteiger partial charge in [-0.15, -0.1) is 0 Å². The highest BCUT2D eigenvalue weighted by Crippen LogP contribution is 2.33. The summed E-state index contributed by atoms with van der Waals surface area (Å²) in [6, 6.07) is 19.3. The van der Waals surface area contributed by atoms with Crippen LogP contribution in [0.25, 0.3) is 44.2 Å². The number of rotatable bonds is 6. The molecule has 0 saturated heterocycles. The SMILES string of the molecule is CCn1c2ccccc2c2cc(-c3nc4ccc(C(=O)N(CC5CC5)CC(F)(F)F)cc4[nH]3)ccc21. The number of nitrogens with zero attached hydrogens (tertiary/aromatic N) is 3. The van der Waals surface area contributed by atoms with Crippen molar-refractivity contribution >= 4 is 38.7 Å². The average Bonchev–Trinajstić information content (AvgIpc) is 3.47. The molecular formula is C28H25F3N4O. The maximum atomic E-state index is 13.1. The molecule has 1 fully saturated rings. The molecule has 6 rings (SSSR count). The second-order valence-electron chi connectivity index (χ2n) is 9.55. The van der Waals surface area contributed by atoms with Crippen molar-refractivity contribution in [2.24, 2.45) is 5.92 Å². The molecule has 36 heavy (non-hydrogen) atoms. The van der Waals surface area contributed by atoms with E-state index in [9.17, 15) is 18.0 Å². The highest BCUT2D eigenvalue weighted by atomic mass is 19.4. The van der Waals surface area contributed by atoms with Crippen molar-refractivity contribution in [2.45, 2.75) is 32.5 Å². The number of halogens is 3. The third kappa shape index (κ3) is 4.10. The van der Waals surface area contributed by atoms with E-state index in [2.05, 4.69) is 40.7 Å². The Morgan fingerprint density at radius 2 is 1.83 bits per heavy atom. The molecule has 1 amide bonds. The Bertz CT molecular complexity index is 1610. The molecule has 0 unspecified atom stereocenters. The van der Waals surface area contributed by atoms with Crippen LogP contribution in [0.4, 0.5) is 13.2 Å². The fraction of sp³-hybridized carbons (Fsp3) is 0.286. The predicted molar refractivity (Wildman–Crippen MR) is 135 cm³/mol. The van der Waals surface area contributed by atoms with E-state index in [0.717, 1.165) is 40.8 Å². The summed E-state index contributed by atoms with van der Waals surface area (Å²) in [5.41, 5.74) is 4.72. The summed E-state index contributed by atoms with van der Waals surface area (Å²) >= 11 is 0. The van der Waals surface area contributed by atoms with Crippen molar-refractivity contribution in [3.8, 4) is 11.4 Å². The van der Waals surface area contributed by atoms with Crippen molar-refractivity contribution in [2.75, 3.05) is 13.1 Å². The molecule has 0 bridgehead atoms. The number of carbonyl (C=O) groups excluding carboxylic acids is 1. The van der Waals surface area contributed by atoms with Gasteiger partial charge in [0.2, 0.25) is 0 Å². The lowest BCUT2D eigenvalue weighted by atomic mass is 10.1. The lowest BCUT2D eigenvalue weighted by Crippen LogP contribution is -2.40. The molecule has 1 aliphatic rings. The number of aryl methyl sites for hydroxylation is 1. The number of aromatic nitrogens is 3. The van der Waals surface area contributed by atoms with E-state index in [1.165, 1.54) is 10.9 Å². The number of imidazole rings is 1. The fourth-order valence-electron chi connectivity index (χ4n) is 5.05. The van der Waals surface area contributed by atoms with E-state index in [-0.39, 0.29) is 18.0 Å². The van der Waals surface area contributed by atoms with Gasteiger partial charge >= 0.3 is 6.18 Å². The second kappa shape index (κ2) is 8.40. The third-order valence-electron chi connectivity index (χ3n) is 6.92. The molecule has 2 heterocycles. The molecule has 1 N–H and O–H groups in total. The molecule has 8 heteroatoms. The molecule has 0 atom stereocenters. The number of H-pyrrole nitrogens is 1. The molecule has 0 spiro atoms. The number of amides is 1. The summed E-state index contributed by atoms with van der Waals surface area (Å²) in [4.78, 5) is 21.9. The number of aromatic amines is 1. The first-order valence-corrected chi connectivity index (χ1v) is 12.2. The van der Waals surface area contributed by atoms with Gasteiger partial charge in [-0.1, -0.05) is 18.2 Å². The highest BCUT2D eigenvalue weighted by molar-refractivity contribution is 6.09. The van der Waals surface area contributed by atoms with Crippen LogP contribution >= 0.6 is 0 Å². The van der Waals surface area contributed by atoms with Gasteiger partial charge in [-0.05, 0) is 68.1 Å². The molecule has 1 aliphatic carbocycles. The van der Waals surface area contributed by atoms with Gasteiger partial charge in [0.1, 0.15) is 12.4 Å². The van der Waals surface area contributed by atoms with Crippen molar-refractivity contribution in [3.63, 3.8) is 0 Å². The summed E-state index contributed by atoms with van der Waals surface area (Å²) < 4.78 is 41.6. The minimum Gasteiger partial charge on any atom is -0.341 e. The number of hydrogen-bond donors (Lipinski definition) is 1. The molecule has 1 saturated carbocycles. The Balaban J connectivity index is 1.36. The first-order chi connectivity index (χ1) is 17.3. The van der Waals surface area contributed by atoms with Gasteiger partial charge < -0.3 is 14.5 Å². The summed E-state index contributed by atoms with van der Waals surface area (Å²) in [6.45, 7) is 1.88. The monoisotopic (exact) mass is 490 g/mol. The van der Waals surface area contributed by atoms with E-state index in [1.807, 2.05) is 18.2 Å². The Hall–Kier alpha value is -3.81.